The lowest BCUT2D eigenvalue weighted by Crippen LogP contribution is -3.06. The van der Waals surface area contributed by atoms with Crippen molar-refractivity contribution < 1.29 is 29.1 Å². The molecule has 7 heteroatoms. The summed E-state index contributed by atoms with van der Waals surface area (Å²) in [5.41, 5.74) is 1.23. The Kier molecular flexibility index (Phi) is 6.42. The van der Waals surface area contributed by atoms with Gasteiger partial charge in [-0.2, -0.15) is 0 Å². The van der Waals surface area contributed by atoms with Gasteiger partial charge in [0.05, 0.1) is 53.0 Å². The molecule has 1 atom stereocenters. The first-order valence-corrected chi connectivity index (χ1v) is 9.73. The molecule has 1 fully saturated rings. The number of benzene rings is 2. The Morgan fingerprint density at radius 1 is 1.03 bits per heavy atom. The summed E-state index contributed by atoms with van der Waals surface area (Å²) in [4.78, 5) is 28.5. The minimum Gasteiger partial charge on any atom is -0.507 e. The minimum absolute atomic E-state index is 0.0761. The topological polar surface area (TPSA) is 80.5 Å². The van der Waals surface area contributed by atoms with Gasteiger partial charge in [0.1, 0.15) is 5.76 Å². The van der Waals surface area contributed by atoms with Gasteiger partial charge in [-0.1, -0.05) is 36.4 Å². The molecule has 2 N–H and O–H groups in total. The summed E-state index contributed by atoms with van der Waals surface area (Å²) >= 11 is 0. The van der Waals surface area contributed by atoms with Gasteiger partial charge in [-0.15, -0.1) is 0 Å². The SMILES string of the molecule is COc1ccc([C@@H]2C(=C(O)c3ccccc3)C(=O)C(=O)N2CC[NH+](C)C)cc1OC. The Balaban J connectivity index is 2.17. The van der Waals surface area contributed by atoms with Crippen LogP contribution in [0.1, 0.15) is 17.2 Å². The molecule has 7 nitrogen and oxygen atoms in total. The molecular weight excluding hydrogens is 384 g/mol. The molecule has 1 aliphatic heterocycles. The Labute approximate surface area is 176 Å². The summed E-state index contributed by atoms with van der Waals surface area (Å²) < 4.78 is 10.7. The number of nitrogens with zero attached hydrogens (tertiary/aromatic N) is 1. The minimum atomic E-state index is -0.718. The summed E-state index contributed by atoms with van der Waals surface area (Å²) in [6, 6.07) is 13.3. The molecule has 0 spiro atoms. The largest absolute Gasteiger partial charge is 0.507 e. The van der Waals surface area contributed by atoms with Crippen LogP contribution < -0.4 is 14.4 Å². The van der Waals surface area contributed by atoms with Gasteiger partial charge in [0.25, 0.3) is 11.7 Å². The normalized spacial score (nSPS) is 18.2. The number of nitrogens with one attached hydrogen (secondary N) is 1. The molecule has 0 aromatic heterocycles. The highest BCUT2D eigenvalue weighted by Gasteiger charge is 2.46. The maximum Gasteiger partial charge on any atom is 0.295 e. The standard InChI is InChI=1S/C23H26N2O5/c1-24(2)12-13-25-20(16-10-11-17(29-3)18(14-16)30-4)19(22(27)23(25)28)21(26)15-8-6-5-7-9-15/h5-11,14,20,26H,12-13H2,1-4H3/p+1/t20-/m1/s1. The number of methoxy groups -OCH3 is 2. The molecule has 0 unspecified atom stereocenters. The molecule has 1 amide bonds. The van der Waals surface area contributed by atoms with Crippen molar-refractivity contribution in [2.75, 3.05) is 41.4 Å². The molecule has 30 heavy (non-hydrogen) atoms. The molecular formula is C23H27N2O5+. The molecule has 0 bridgehead atoms. The van der Waals surface area contributed by atoms with E-state index in [-0.39, 0.29) is 11.3 Å². The highest BCUT2D eigenvalue weighted by molar-refractivity contribution is 6.46. The van der Waals surface area contributed by atoms with E-state index in [2.05, 4.69) is 0 Å². The predicted molar refractivity (Wildman–Crippen MR) is 113 cm³/mol. The van der Waals surface area contributed by atoms with Crippen molar-refractivity contribution in [3.8, 4) is 11.5 Å². The maximum atomic E-state index is 13.0. The number of aliphatic hydroxyl groups is 1. The van der Waals surface area contributed by atoms with Gasteiger partial charge >= 0.3 is 0 Å². The van der Waals surface area contributed by atoms with Gasteiger partial charge < -0.3 is 24.4 Å². The van der Waals surface area contributed by atoms with Crippen molar-refractivity contribution in [1.82, 2.24) is 4.90 Å². The van der Waals surface area contributed by atoms with Crippen LogP contribution in [0.25, 0.3) is 5.76 Å². The molecule has 1 heterocycles. The number of ketones is 1. The van der Waals surface area contributed by atoms with Crippen molar-refractivity contribution in [2.24, 2.45) is 0 Å². The number of amides is 1. The van der Waals surface area contributed by atoms with Crippen LogP contribution in [0.2, 0.25) is 0 Å². The number of carbonyl (C=O) groups is 2. The van der Waals surface area contributed by atoms with E-state index in [4.69, 9.17) is 9.47 Å². The highest BCUT2D eigenvalue weighted by Crippen LogP contribution is 2.41. The van der Waals surface area contributed by atoms with E-state index in [1.165, 1.54) is 12.0 Å². The van der Waals surface area contributed by atoms with Crippen molar-refractivity contribution in [3.05, 3.63) is 65.2 Å². The van der Waals surface area contributed by atoms with Crippen LogP contribution in [-0.2, 0) is 9.59 Å². The molecule has 0 radical (unpaired) electrons. The van der Waals surface area contributed by atoms with Crippen LogP contribution in [0.4, 0.5) is 0 Å². The Morgan fingerprint density at radius 2 is 1.70 bits per heavy atom. The van der Waals surface area contributed by atoms with Gasteiger partial charge in [0, 0.05) is 5.56 Å². The zero-order valence-electron chi connectivity index (χ0n) is 17.6. The van der Waals surface area contributed by atoms with Crippen molar-refractivity contribution in [1.29, 1.82) is 0 Å². The zero-order chi connectivity index (χ0) is 21.8. The number of ether oxygens (including phenoxy) is 2. The average molecular weight is 411 g/mol. The Hall–Kier alpha value is -3.32. The molecule has 2 aromatic rings. The molecule has 3 rings (SSSR count). The van der Waals surface area contributed by atoms with Crippen molar-refractivity contribution in [2.45, 2.75) is 6.04 Å². The number of rotatable bonds is 7. The number of aliphatic hydroxyl groups excluding tert-OH is 1. The van der Waals surface area contributed by atoms with E-state index >= 15 is 0 Å². The third-order valence-corrected chi connectivity index (χ3v) is 5.16. The van der Waals surface area contributed by atoms with E-state index in [0.717, 1.165) is 4.90 Å². The van der Waals surface area contributed by atoms with E-state index < -0.39 is 17.7 Å². The molecule has 2 aromatic carbocycles. The van der Waals surface area contributed by atoms with Crippen molar-refractivity contribution >= 4 is 17.4 Å². The van der Waals surface area contributed by atoms with Crippen LogP contribution in [0.15, 0.2) is 54.1 Å². The lowest BCUT2D eigenvalue weighted by Gasteiger charge is -2.26. The van der Waals surface area contributed by atoms with E-state index in [1.807, 2.05) is 20.2 Å². The smallest absolute Gasteiger partial charge is 0.295 e. The van der Waals surface area contributed by atoms with Gasteiger partial charge in [0.15, 0.2) is 11.5 Å². The number of hydrogen-bond acceptors (Lipinski definition) is 5. The quantitative estimate of drug-likeness (QED) is 0.408. The van der Waals surface area contributed by atoms with E-state index in [1.54, 1.807) is 49.6 Å². The first-order valence-electron chi connectivity index (χ1n) is 9.73. The van der Waals surface area contributed by atoms with Crippen molar-refractivity contribution in [3.63, 3.8) is 0 Å². The number of carbonyl (C=O) groups excluding carboxylic acids is 2. The summed E-state index contributed by atoms with van der Waals surface area (Å²) in [5.74, 6) is -0.468. The molecule has 158 valence electrons. The second kappa shape index (κ2) is 9.00. The maximum absolute atomic E-state index is 13.0. The van der Waals surface area contributed by atoms with E-state index in [9.17, 15) is 14.7 Å². The Morgan fingerprint density at radius 3 is 2.30 bits per heavy atom. The highest BCUT2D eigenvalue weighted by atomic mass is 16.5. The second-order valence-electron chi connectivity index (χ2n) is 7.43. The third-order valence-electron chi connectivity index (χ3n) is 5.16. The van der Waals surface area contributed by atoms with Gasteiger partial charge in [0.2, 0.25) is 0 Å². The van der Waals surface area contributed by atoms with Crippen LogP contribution in [0, 0.1) is 0 Å². The van der Waals surface area contributed by atoms with Crippen LogP contribution in [0.5, 0.6) is 11.5 Å². The summed E-state index contributed by atoms with van der Waals surface area (Å²) in [7, 11) is 7.02. The van der Waals surface area contributed by atoms with Crippen LogP contribution >= 0.6 is 0 Å². The lowest BCUT2D eigenvalue weighted by atomic mass is 9.95. The first-order chi connectivity index (χ1) is 14.4. The number of quaternary nitrogens is 1. The summed E-state index contributed by atoms with van der Waals surface area (Å²) in [5, 5.41) is 11.0. The predicted octanol–water partition coefficient (Wildman–Crippen LogP) is 1.27. The second-order valence-corrected chi connectivity index (χ2v) is 7.43. The Bertz CT molecular complexity index is 969. The molecule has 1 aliphatic rings. The summed E-state index contributed by atoms with van der Waals surface area (Å²) in [6.45, 7) is 1.03. The van der Waals surface area contributed by atoms with E-state index in [0.29, 0.717) is 35.7 Å². The molecule has 0 aliphatic carbocycles. The van der Waals surface area contributed by atoms with Gasteiger partial charge in [-0.05, 0) is 17.7 Å². The number of hydrogen-bond donors (Lipinski definition) is 2. The zero-order valence-corrected chi connectivity index (χ0v) is 17.6. The molecule has 0 saturated carbocycles. The van der Waals surface area contributed by atoms with Crippen LogP contribution in [-0.4, -0.2) is 63.1 Å². The number of Topliss-reactive ketones (excluding diaryl/α,β-unsaturated/α-hetero) is 1. The molecule has 1 saturated heterocycles. The average Bonchev–Trinajstić information content (AvgIpc) is 3.01. The van der Waals surface area contributed by atoms with Gasteiger partial charge in [-0.3, -0.25) is 9.59 Å². The fraction of sp³-hybridized carbons (Fsp3) is 0.304. The monoisotopic (exact) mass is 411 g/mol. The lowest BCUT2D eigenvalue weighted by molar-refractivity contribution is -0.857. The number of likely N-dealkylation sites (tertiary alicyclic amines) is 1. The first kappa shape index (κ1) is 21.4. The fourth-order valence-corrected chi connectivity index (χ4v) is 3.58. The number of likely N-dealkylation sites (N-methyl/N-ethyl adjacent to an activating group) is 1. The fourth-order valence-electron chi connectivity index (χ4n) is 3.58. The van der Waals surface area contributed by atoms with Gasteiger partial charge in [-0.25, -0.2) is 0 Å². The third kappa shape index (κ3) is 4.02. The summed E-state index contributed by atoms with van der Waals surface area (Å²) in [6.07, 6.45) is 0. The van der Waals surface area contributed by atoms with Crippen LogP contribution in [0.3, 0.4) is 0 Å².